The molecule has 0 fully saturated rings. The minimum Gasteiger partial charge on any atom is -0.483 e. The summed E-state index contributed by atoms with van der Waals surface area (Å²) in [4.78, 5) is 18.6. The molecule has 0 aliphatic rings. The molecule has 1 N–H and O–H groups in total. The number of nitrogens with zero attached hydrogens (tertiary/aromatic N) is 3. The van der Waals surface area contributed by atoms with Crippen molar-refractivity contribution in [1.29, 1.82) is 0 Å². The van der Waals surface area contributed by atoms with Gasteiger partial charge in [-0.05, 0) is 19.1 Å². The summed E-state index contributed by atoms with van der Waals surface area (Å²) in [6.07, 6.45) is 1.17. The third-order valence-corrected chi connectivity index (χ3v) is 1.96. The molecular weight excluding hydrogens is 226 g/mol. The van der Waals surface area contributed by atoms with Gasteiger partial charge in [0.1, 0.15) is 0 Å². The van der Waals surface area contributed by atoms with Crippen molar-refractivity contribution in [3.05, 3.63) is 35.7 Å². The lowest BCUT2D eigenvalue weighted by molar-refractivity contribution is 0.0684. The number of aromatic nitrogens is 3. The fourth-order valence-electron chi connectivity index (χ4n) is 1.21. The zero-order valence-electron chi connectivity index (χ0n) is 8.95. The highest BCUT2D eigenvalue weighted by Crippen LogP contribution is 2.17. The van der Waals surface area contributed by atoms with Crippen LogP contribution < -0.4 is 4.74 Å². The van der Waals surface area contributed by atoms with Gasteiger partial charge in [0.25, 0.3) is 0 Å². The highest BCUT2D eigenvalue weighted by atomic mass is 16.5. The molecule has 2 aromatic rings. The van der Waals surface area contributed by atoms with Crippen molar-refractivity contribution < 1.29 is 19.2 Å². The van der Waals surface area contributed by atoms with Crippen molar-refractivity contribution in [3.8, 4) is 5.75 Å². The minimum absolute atomic E-state index is 0.0293. The highest BCUT2D eigenvalue weighted by Gasteiger charge is 2.14. The van der Waals surface area contributed by atoms with Crippen LogP contribution in [0.3, 0.4) is 0 Å². The average Bonchev–Trinajstić information content (AvgIpc) is 2.80. The van der Waals surface area contributed by atoms with E-state index in [-0.39, 0.29) is 18.1 Å². The van der Waals surface area contributed by atoms with E-state index in [1.165, 1.54) is 6.39 Å². The van der Waals surface area contributed by atoms with Crippen molar-refractivity contribution in [3.63, 3.8) is 0 Å². The maximum Gasteiger partial charge on any atom is 0.358 e. The lowest BCUT2D eigenvalue weighted by Crippen LogP contribution is -2.07. The smallest absolute Gasteiger partial charge is 0.358 e. The number of pyridine rings is 1. The molecule has 0 aliphatic carbocycles. The molecule has 7 heteroatoms. The van der Waals surface area contributed by atoms with E-state index in [0.717, 1.165) is 0 Å². The lowest BCUT2D eigenvalue weighted by Gasteiger charge is -2.06. The van der Waals surface area contributed by atoms with Gasteiger partial charge in [-0.2, -0.15) is 4.98 Å². The first kappa shape index (κ1) is 11.1. The summed E-state index contributed by atoms with van der Waals surface area (Å²) in [6.45, 7) is 1.73. The molecule has 0 unspecified atom stereocenters. The van der Waals surface area contributed by atoms with Crippen LogP contribution in [0.2, 0.25) is 0 Å². The molecule has 88 valence electrons. The second-order valence-electron chi connectivity index (χ2n) is 3.24. The molecule has 7 nitrogen and oxygen atoms in total. The van der Waals surface area contributed by atoms with Crippen molar-refractivity contribution in [2.45, 2.75) is 13.5 Å². The Morgan fingerprint density at radius 2 is 2.35 bits per heavy atom. The quantitative estimate of drug-likeness (QED) is 0.845. The predicted molar refractivity (Wildman–Crippen MR) is 54.6 cm³/mol. The molecule has 0 saturated heterocycles. The summed E-state index contributed by atoms with van der Waals surface area (Å²) >= 11 is 0. The first-order valence-electron chi connectivity index (χ1n) is 4.76. The van der Waals surface area contributed by atoms with E-state index in [2.05, 4.69) is 19.6 Å². The monoisotopic (exact) mass is 235 g/mol. The Balaban J connectivity index is 2.17. The maximum absolute atomic E-state index is 10.9. The molecule has 0 aromatic carbocycles. The summed E-state index contributed by atoms with van der Waals surface area (Å²) in [6, 6.07) is 3.21. The van der Waals surface area contributed by atoms with E-state index in [1.54, 1.807) is 19.1 Å². The van der Waals surface area contributed by atoms with Gasteiger partial charge in [-0.1, -0.05) is 5.16 Å². The van der Waals surface area contributed by atoms with Gasteiger partial charge in [-0.15, -0.1) is 0 Å². The third-order valence-electron chi connectivity index (χ3n) is 1.96. The largest absolute Gasteiger partial charge is 0.483 e. The van der Waals surface area contributed by atoms with E-state index >= 15 is 0 Å². The second-order valence-corrected chi connectivity index (χ2v) is 3.24. The fraction of sp³-hybridized carbons (Fsp3) is 0.200. The van der Waals surface area contributed by atoms with Crippen molar-refractivity contribution in [1.82, 2.24) is 15.1 Å². The number of carbonyl (C=O) groups is 1. The van der Waals surface area contributed by atoms with E-state index < -0.39 is 5.97 Å². The molecule has 2 aromatic heterocycles. The number of carboxylic acid groups (broad SMARTS) is 1. The number of rotatable bonds is 4. The van der Waals surface area contributed by atoms with Crippen LogP contribution in [0, 0.1) is 6.92 Å². The molecule has 2 heterocycles. The Kier molecular flexibility index (Phi) is 2.99. The van der Waals surface area contributed by atoms with Gasteiger partial charge in [0, 0.05) is 5.69 Å². The Hall–Kier alpha value is -2.44. The van der Waals surface area contributed by atoms with Gasteiger partial charge < -0.3 is 14.4 Å². The first-order valence-corrected chi connectivity index (χ1v) is 4.76. The van der Waals surface area contributed by atoms with Crippen molar-refractivity contribution >= 4 is 5.97 Å². The normalized spacial score (nSPS) is 10.2. The van der Waals surface area contributed by atoms with E-state index in [4.69, 9.17) is 9.84 Å². The molecule has 0 atom stereocenters. The molecule has 0 radical (unpaired) electrons. The van der Waals surface area contributed by atoms with Crippen LogP contribution in [0.15, 0.2) is 23.0 Å². The second kappa shape index (κ2) is 4.60. The van der Waals surface area contributed by atoms with Gasteiger partial charge in [0.2, 0.25) is 12.2 Å². The van der Waals surface area contributed by atoms with Crippen molar-refractivity contribution in [2.24, 2.45) is 0 Å². The number of aromatic carboxylic acids is 1. The molecule has 0 aliphatic heterocycles. The third kappa shape index (κ3) is 2.57. The zero-order chi connectivity index (χ0) is 12.3. The zero-order valence-corrected chi connectivity index (χ0v) is 8.95. The number of ether oxygens (including phenoxy) is 1. The van der Waals surface area contributed by atoms with Gasteiger partial charge in [0.05, 0.1) is 0 Å². The number of hydrogen-bond acceptors (Lipinski definition) is 6. The standard InChI is InChI=1S/C10H9N3O4/c1-6-2-3-7(9(12-6)10(14)15)16-4-8-11-5-17-13-8/h2-3,5H,4H2,1H3,(H,14,15). The van der Waals surface area contributed by atoms with Gasteiger partial charge in [-0.25, -0.2) is 9.78 Å². The number of hydrogen-bond donors (Lipinski definition) is 1. The van der Waals surface area contributed by atoms with Crippen LogP contribution in [0.4, 0.5) is 0 Å². The Labute approximate surface area is 96.1 Å². The average molecular weight is 235 g/mol. The van der Waals surface area contributed by atoms with Gasteiger partial charge in [0.15, 0.2) is 18.1 Å². The Bertz CT molecular complexity index is 524. The topological polar surface area (TPSA) is 98.3 Å². The summed E-state index contributed by atoms with van der Waals surface area (Å²) in [5.74, 6) is -0.633. The van der Waals surface area contributed by atoms with Crippen LogP contribution in [-0.4, -0.2) is 26.2 Å². The first-order chi connectivity index (χ1) is 8.16. The summed E-state index contributed by atoms with van der Waals surface area (Å²) < 4.78 is 9.80. The minimum atomic E-state index is -1.14. The summed E-state index contributed by atoms with van der Waals surface area (Å²) in [5, 5.41) is 12.5. The van der Waals surface area contributed by atoms with Crippen LogP contribution in [0.25, 0.3) is 0 Å². The van der Waals surface area contributed by atoms with E-state index in [1.807, 2.05) is 0 Å². The van der Waals surface area contributed by atoms with Crippen LogP contribution in [0.1, 0.15) is 22.0 Å². The molecule has 0 saturated carbocycles. The van der Waals surface area contributed by atoms with Crippen LogP contribution in [0.5, 0.6) is 5.75 Å². The summed E-state index contributed by atoms with van der Waals surface area (Å²) in [7, 11) is 0. The fourth-order valence-corrected chi connectivity index (χ4v) is 1.21. The highest BCUT2D eigenvalue weighted by molar-refractivity contribution is 5.88. The maximum atomic E-state index is 10.9. The van der Waals surface area contributed by atoms with Crippen molar-refractivity contribution in [2.75, 3.05) is 0 Å². The summed E-state index contributed by atoms with van der Waals surface area (Å²) in [5.41, 5.74) is 0.475. The van der Waals surface area contributed by atoms with Crippen LogP contribution >= 0.6 is 0 Å². The number of aryl methyl sites for hydroxylation is 1. The molecule has 0 spiro atoms. The van der Waals surface area contributed by atoms with E-state index in [9.17, 15) is 4.79 Å². The Morgan fingerprint density at radius 3 is 3.00 bits per heavy atom. The molecule has 0 amide bonds. The molecule has 0 bridgehead atoms. The predicted octanol–water partition coefficient (Wildman–Crippen LogP) is 1.05. The molecule has 17 heavy (non-hydrogen) atoms. The lowest BCUT2D eigenvalue weighted by atomic mass is 10.3. The Morgan fingerprint density at radius 1 is 1.53 bits per heavy atom. The van der Waals surface area contributed by atoms with Gasteiger partial charge in [-0.3, -0.25) is 0 Å². The van der Waals surface area contributed by atoms with E-state index in [0.29, 0.717) is 11.5 Å². The number of carboxylic acids is 1. The van der Waals surface area contributed by atoms with Gasteiger partial charge >= 0.3 is 5.97 Å². The SMILES string of the molecule is Cc1ccc(OCc2ncon2)c(C(=O)O)n1. The molecule has 2 rings (SSSR count). The van der Waals surface area contributed by atoms with Crippen LogP contribution in [-0.2, 0) is 6.61 Å². The molecular formula is C10H9N3O4.